The van der Waals surface area contributed by atoms with Crippen molar-refractivity contribution in [3.8, 4) is 22.8 Å². The molecule has 0 bridgehead atoms. The number of aromatic amines is 1. The lowest BCUT2D eigenvalue weighted by atomic mass is 9.89. The highest BCUT2D eigenvalue weighted by molar-refractivity contribution is 5.99. The third kappa shape index (κ3) is 4.98. The molecule has 9 nitrogen and oxygen atoms in total. The molecule has 0 fully saturated rings. The Labute approximate surface area is 229 Å². The number of carbonyl (C=O) groups is 1. The van der Waals surface area contributed by atoms with Gasteiger partial charge in [0.05, 0.1) is 30.4 Å². The number of nitrogens with two attached hydrogens (primary N) is 1. The topological polar surface area (TPSA) is 140 Å². The van der Waals surface area contributed by atoms with Crippen LogP contribution in [-0.2, 0) is 11.1 Å². The molecule has 0 radical (unpaired) electrons. The molecule has 0 spiro atoms. The van der Waals surface area contributed by atoms with Crippen molar-refractivity contribution in [3.05, 3.63) is 87.6 Å². The molecule has 2 unspecified atom stereocenters. The van der Waals surface area contributed by atoms with E-state index in [9.17, 15) is 32.3 Å². The number of carbonyl (C=O) groups excluding carboxylic acids is 1. The summed E-state index contributed by atoms with van der Waals surface area (Å²) in [5, 5.41) is 13.7. The van der Waals surface area contributed by atoms with Crippen molar-refractivity contribution in [2.75, 3.05) is 20.3 Å². The monoisotopic (exact) mass is 572 g/mol. The number of hydrogen-bond acceptors (Lipinski definition) is 7. The van der Waals surface area contributed by atoms with Crippen LogP contribution in [0.25, 0.3) is 22.2 Å². The molecule has 13 heteroatoms. The van der Waals surface area contributed by atoms with Crippen molar-refractivity contribution in [1.29, 1.82) is 0 Å². The van der Waals surface area contributed by atoms with E-state index in [4.69, 9.17) is 15.2 Å². The number of amides is 1. The summed E-state index contributed by atoms with van der Waals surface area (Å²) in [4.78, 5) is 31.4. The van der Waals surface area contributed by atoms with E-state index < -0.39 is 46.8 Å². The van der Waals surface area contributed by atoms with Crippen molar-refractivity contribution in [2.24, 2.45) is 5.73 Å². The van der Waals surface area contributed by atoms with Crippen LogP contribution < -0.4 is 26.1 Å². The highest BCUT2D eigenvalue weighted by atomic mass is 19.4. The van der Waals surface area contributed by atoms with Crippen LogP contribution >= 0.6 is 0 Å². The van der Waals surface area contributed by atoms with Gasteiger partial charge in [0, 0.05) is 28.1 Å². The largest absolute Gasteiger partial charge is 0.495 e. The van der Waals surface area contributed by atoms with Gasteiger partial charge in [-0.3, -0.25) is 9.59 Å². The number of halogens is 4. The van der Waals surface area contributed by atoms with Gasteiger partial charge in [0.25, 0.3) is 5.91 Å². The molecular weight excluding hydrogens is 548 g/mol. The van der Waals surface area contributed by atoms with Gasteiger partial charge in [-0.05, 0) is 55.5 Å². The molecule has 4 aromatic rings. The zero-order chi connectivity index (χ0) is 29.7. The van der Waals surface area contributed by atoms with Crippen molar-refractivity contribution in [1.82, 2.24) is 15.3 Å². The fourth-order valence-corrected chi connectivity index (χ4v) is 4.59. The number of pyridine rings is 2. The molecule has 2 aromatic heterocycles. The maximum absolute atomic E-state index is 14.5. The first-order valence-electron chi connectivity index (χ1n) is 12.3. The molecule has 5 rings (SSSR count). The Hall–Kier alpha value is -4.49. The molecule has 0 aliphatic carbocycles. The maximum atomic E-state index is 14.5. The van der Waals surface area contributed by atoms with Gasteiger partial charge in [-0.1, -0.05) is 0 Å². The molecule has 3 heterocycles. The Morgan fingerprint density at radius 2 is 1.90 bits per heavy atom. The summed E-state index contributed by atoms with van der Waals surface area (Å²) < 4.78 is 68.0. The predicted octanol–water partition coefficient (Wildman–Crippen LogP) is 3.48. The van der Waals surface area contributed by atoms with Gasteiger partial charge >= 0.3 is 6.18 Å². The minimum atomic E-state index is -5.30. The SMILES string of the molecule is COc1cc(C(=O)NCC(O)(c2cc3c(c(-c4ccc(F)cc4)n2)OCC3(C)N)C(F)(F)F)cc2ccc(=O)[nH]c12. The minimum Gasteiger partial charge on any atom is -0.495 e. The Kier molecular flexibility index (Phi) is 6.74. The lowest BCUT2D eigenvalue weighted by molar-refractivity contribution is -0.265. The van der Waals surface area contributed by atoms with E-state index in [2.05, 4.69) is 15.3 Å². The second kappa shape index (κ2) is 9.85. The standard InChI is InChI=1S/C28H24F4N4O5/c1-26(33)13-41-24-18(26)11-20(35-23(24)14-3-6-17(29)7-4-14)27(39,28(30,31)32)12-34-25(38)16-9-15-5-8-21(37)36-22(15)19(10-16)40-2/h3-11,39H,12-13,33H2,1-2H3,(H,34,38)(H,36,37). The van der Waals surface area contributed by atoms with E-state index in [0.717, 1.165) is 18.2 Å². The molecule has 1 aliphatic heterocycles. The minimum absolute atomic E-state index is 0.0715. The molecule has 41 heavy (non-hydrogen) atoms. The third-order valence-corrected chi connectivity index (χ3v) is 6.90. The first-order valence-corrected chi connectivity index (χ1v) is 12.3. The quantitative estimate of drug-likeness (QED) is 0.260. The van der Waals surface area contributed by atoms with Crippen molar-refractivity contribution >= 4 is 16.8 Å². The van der Waals surface area contributed by atoms with E-state index >= 15 is 0 Å². The lowest BCUT2D eigenvalue weighted by Crippen LogP contribution is -2.51. The number of ether oxygens (including phenoxy) is 2. The van der Waals surface area contributed by atoms with Crippen molar-refractivity contribution in [2.45, 2.75) is 24.2 Å². The first-order chi connectivity index (χ1) is 19.2. The van der Waals surface area contributed by atoms with Crippen LogP contribution in [0.3, 0.4) is 0 Å². The number of alkyl halides is 3. The smallest absolute Gasteiger partial charge is 0.424 e. The zero-order valence-electron chi connectivity index (χ0n) is 21.7. The molecule has 214 valence electrons. The summed E-state index contributed by atoms with van der Waals surface area (Å²) in [6.45, 7) is 0.168. The van der Waals surface area contributed by atoms with E-state index in [-0.39, 0.29) is 40.5 Å². The van der Waals surface area contributed by atoms with E-state index in [0.29, 0.717) is 10.9 Å². The van der Waals surface area contributed by atoms with Crippen LogP contribution in [0, 0.1) is 5.82 Å². The fourth-order valence-electron chi connectivity index (χ4n) is 4.59. The fraction of sp³-hybridized carbons (Fsp3) is 0.250. The molecule has 1 aliphatic rings. The maximum Gasteiger partial charge on any atom is 0.424 e. The number of aromatic nitrogens is 2. The van der Waals surface area contributed by atoms with Crippen LogP contribution in [0.1, 0.15) is 28.5 Å². The first kappa shape index (κ1) is 28.1. The molecule has 0 saturated carbocycles. The van der Waals surface area contributed by atoms with Crippen molar-refractivity contribution < 1.29 is 36.9 Å². The summed E-state index contributed by atoms with van der Waals surface area (Å²) in [6.07, 6.45) is -5.30. The Balaban J connectivity index is 1.56. The second-order valence-corrected chi connectivity index (χ2v) is 9.95. The predicted molar refractivity (Wildman–Crippen MR) is 140 cm³/mol. The van der Waals surface area contributed by atoms with Crippen LogP contribution in [0.2, 0.25) is 0 Å². The number of hydrogen-bond donors (Lipinski definition) is 4. The Morgan fingerprint density at radius 1 is 1.20 bits per heavy atom. The van der Waals surface area contributed by atoms with Gasteiger partial charge in [0.2, 0.25) is 11.2 Å². The summed E-state index contributed by atoms with van der Waals surface area (Å²) in [5.41, 5.74) is 0.690. The number of rotatable bonds is 6. The average molecular weight is 573 g/mol. The number of nitrogens with one attached hydrogen (secondary N) is 2. The molecule has 0 saturated heterocycles. The summed E-state index contributed by atoms with van der Waals surface area (Å²) in [5.74, 6) is -1.30. The average Bonchev–Trinajstić information content (AvgIpc) is 3.24. The van der Waals surface area contributed by atoms with Gasteiger partial charge in [-0.25, -0.2) is 9.37 Å². The highest BCUT2D eigenvalue weighted by Gasteiger charge is 2.57. The van der Waals surface area contributed by atoms with Gasteiger partial charge in [0.15, 0.2) is 5.75 Å². The normalized spacial score (nSPS) is 18.0. The number of H-pyrrole nitrogens is 1. The van der Waals surface area contributed by atoms with Crippen LogP contribution in [0.5, 0.6) is 11.5 Å². The number of nitrogens with zero attached hydrogens (tertiary/aromatic N) is 1. The Bertz CT molecular complexity index is 1720. The zero-order valence-corrected chi connectivity index (χ0v) is 21.7. The highest BCUT2D eigenvalue weighted by Crippen LogP contribution is 2.46. The molecule has 2 atom stereocenters. The van der Waals surface area contributed by atoms with E-state index in [1.165, 1.54) is 43.5 Å². The van der Waals surface area contributed by atoms with Crippen LogP contribution in [0.4, 0.5) is 17.6 Å². The Morgan fingerprint density at radius 3 is 2.56 bits per heavy atom. The number of aliphatic hydroxyl groups is 1. The van der Waals surface area contributed by atoms with Gasteiger partial charge < -0.3 is 30.6 Å². The third-order valence-electron chi connectivity index (χ3n) is 6.90. The van der Waals surface area contributed by atoms with Crippen LogP contribution in [0.15, 0.2) is 59.4 Å². The summed E-state index contributed by atoms with van der Waals surface area (Å²) in [6, 6.07) is 11.1. The van der Waals surface area contributed by atoms with Gasteiger partial charge in [-0.2, -0.15) is 13.2 Å². The number of methoxy groups -OCH3 is 1. The van der Waals surface area contributed by atoms with Crippen LogP contribution in [-0.4, -0.2) is 47.4 Å². The second-order valence-electron chi connectivity index (χ2n) is 9.95. The summed E-state index contributed by atoms with van der Waals surface area (Å²) >= 11 is 0. The lowest BCUT2D eigenvalue weighted by Gasteiger charge is -2.31. The van der Waals surface area contributed by atoms with Gasteiger partial charge in [-0.15, -0.1) is 0 Å². The van der Waals surface area contributed by atoms with Gasteiger partial charge in [0.1, 0.15) is 23.9 Å². The number of benzene rings is 2. The van der Waals surface area contributed by atoms with E-state index in [1.54, 1.807) is 6.92 Å². The summed E-state index contributed by atoms with van der Waals surface area (Å²) in [7, 11) is 1.30. The molecule has 1 amide bonds. The molecular formula is C28H24F4N4O5. The molecule has 2 aromatic carbocycles. The van der Waals surface area contributed by atoms with E-state index in [1.807, 2.05) is 0 Å². The molecule has 5 N–H and O–H groups in total. The van der Waals surface area contributed by atoms with Crippen molar-refractivity contribution in [3.63, 3.8) is 0 Å². The number of fused-ring (bicyclic) bond motifs is 2.